The maximum atomic E-state index is 10.3. The predicted molar refractivity (Wildman–Crippen MR) is 58.6 cm³/mol. The number of hydrogen-bond donors (Lipinski definition) is 2. The van der Waals surface area contributed by atoms with Gasteiger partial charge in [0.2, 0.25) is 0 Å². The normalized spacial score (nSPS) is 14.7. The quantitative estimate of drug-likeness (QED) is 0.662. The molecule has 0 aromatic heterocycles. The lowest BCUT2D eigenvalue weighted by molar-refractivity contribution is -0.137. The van der Waals surface area contributed by atoms with Crippen molar-refractivity contribution in [3.8, 4) is 0 Å². The molecular formula is C8H14O4S2. The Morgan fingerprint density at radius 1 is 1.00 bits per heavy atom. The van der Waals surface area contributed by atoms with Gasteiger partial charge >= 0.3 is 11.9 Å². The lowest BCUT2D eigenvalue weighted by Crippen LogP contribution is -2.07. The maximum Gasteiger partial charge on any atom is 0.304 e. The molecule has 0 fully saturated rings. The first-order chi connectivity index (χ1) is 6.41. The number of carboxylic acids is 2. The van der Waals surface area contributed by atoms with E-state index >= 15 is 0 Å². The second kappa shape index (κ2) is 7.00. The summed E-state index contributed by atoms with van der Waals surface area (Å²) in [6.45, 7) is 3.64. The Morgan fingerprint density at radius 3 is 1.50 bits per heavy atom. The van der Waals surface area contributed by atoms with E-state index in [9.17, 15) is 9.59 Å². The number of carbonyl (C=O) groups is 2. The molecule has 0 aliphatic heterocycles. The fraction of sp³-hybridized carbons (Fsp3) is 0.750. The van der Waals surface area contributed by atoms with Crippen LogP contribution in [0.5, 0.6) is 0 Å². The molecule has 0 heterocycles. The molecule has 2 atom stereocenters. The molecule has 0 aliphatic rings. The number of rotatable bonds is 7. The highest BCUT2D eigenvalue weighted by molar-refractivity contribution is 8.77. The molecule has 0 aliphatic carbocycles. The maximum absolute atomic E-state index is 10.3. The van der Waals surface area contributed by atoms with Gasteiger partial charge in [-0.05, 0) is 0 Å². The SMILES string of the molecule is C[C@H](CC(=O)O)SS[C@@H](C)CC(=O)O. The summed E-state index contributed by atoms with van der Waals surface area (Å²) in [4.78, 5) is 20.6. The first-order valence-corrected chi connectivity index (χ1v) is 6.45. The van der Waals surface area contributed by atoms with Gasteiger partial charge in [-0.15, -0.1) is 0 Å². The fourth-order valence-corrected chi connectivity index (χ4v) is 3.10. The molecule has 0 radical (unpaired) electrons. The number of hydrogen-bond acceptors (Lipinski definition) is 4. The van der Waals surface area contributed by atoms with Crippen LogP contribution in [0.15, 0.2) is 0 Å². The highest BCUT2D eigenvalue weighted by atomic mass is 33.1. The minimum absolute atomic E-state index is 0.00810. The van der Waals surface area contributed by atoms with E-state index < -0.39 is 11.9 Å². The lowest BCUT2D eigenvalue weighted by atomic mass is 10.3. The van der Waals surface area contributed by atoms with Crippen molar-refractivity contribution in [1.82, 2.24) is 0 Å². The van der Waals surface area contributed by atoms with Crippen molar-refractivity contribution in [2.24, 2.45) is 0 Å². The van der Waals surface area contributed by atoms with Crippen LogP contribution in [0.2, 0.25) is 0 Å². The lowest BCUT2D eigenvalue weighted by Gasteiger charge is -2.11. The van der Waals surface area contributed by atoms with Crippen molar-refractivity contribution >= 4 is 33.5 Å². The van der Waals surface area contributed by atoms with Crippen molar-refractivity contribution in [2.45, 2.75) is 37.2 Å². The van der Waals surface area contributed by atoms with Gasteiger partial charge in [0.1, 0.15) is 0 Å². The van der Waals surface area contributed by atoms with Crippen molar-refractivity contribution in [2.75, 3.05) is 0 Å². The molecule has 0 aromatic carbocycles. The van der Waals surface area contributed by atoms with Crippen molar-refractivity contribution in [3.05, 3.63) is 0 Å². The monoisotopic (exact) mass is 238 g/mol. The van der Waals surface area contributed by atoms with Gasteiger partial charge in [-0.2, -0.15) is 0 Å². The molecule has 14 heavy (non-hydrogen) atoms. The van der Waals surface area contributed by atoms with Crippen LogP contribution in [0.4, 0.5) is 0 Å². The molecule has 4 nitrogen and oxygen atoms in total. The molecule has 0 unspecified atom stereocenters. The highest BCUT2D eigenvalue weighted by Crippen LogP contribution is 2.33. The second-order valence-corrected chi connectivity index (χ2v) is 6.16. The molecule has 0 spiro atoms. The largest absolute Gasteiger partial charge is 0.481 e. The zero-order valence-corrected chi connectivity index (χ0v) is 9.73. The standard InChI is InChI=1S/C8H14O4S2/c1-5(3-7(9)10)13-14-6(2)4-8(11)12/h5-6H,3-4H2,1-2H3,(H,9,10)(H,11,12)/t5-,6+. The van der Waals surface area contributed by atoms with Crippen molar-refractivity contribution < 1.29 is 19.8 Å². The zero-order valence-electron chi connectivity index (χ0n) is 8.10. The van der Waals surface area contributed by atoms with Crippen LogP contribution < -0.4 is 0 Å². The average molecular weight is 238 g/mol. The Kier molecular flexibility index (Phi) is 6.82. The molecule has 6 heteroatoms. The van der Waals surface area contributed by atoms with Crippen molar-refractivity contribution in [1.29, 1.82) is 0 Å². The van der Waals surface area contributed by atoms with Crippen LogP contribution in [0.1, 0.15) is 26.7 Å². The van der Waals surface area contributed by atoms with Crippen molar-refractivity contribution in [3.63, 3.8) is 0 Å². The second-order valence-electron chi connectivity index (χ2n) is 3.01. The van der Waals surface area contributed by atoms with Crippen LogP contribution in [0.3, 0.4) is 0 Å². The summed E-state index contributed by atoms with van der Waals surface area (Å²) in [7, 11) is 2.85. The van der Waals surface area contributed by atoms with Crippen LogP contribution in [0, 0.1) is 0 Å². The van der Waals surface area contributed by atoms with Gasteiger partial charge in [0.15, 0.2) is 0 Å². The summed E-state index contributed by atoms with van der Waals surface area (Å²) in [5.74, 6) is -1.65. The number of carboxylic acid groups (broad SMARTS) is 2. The summed E-state index contributed by atoms with van der Waals surface area (Å²) in [5.41, 5.74) is 0. The Bertz CT molecular complexity index is 186. The number of aliphatic carboxylic acids is 2. The van der Waals surface area contributed by atoms with Gasteiger partial charge in [0.25, 0.3) is 0 Å². The molecule has 2 N–H and O–H groups in total. The zero-order chi connectivity index (χ0) is 11.1. The van der Waals surface area contributed by atoms with E-state index in [1.165, 1.54) is 21.6 Å². The van der Waals surface area contributed by atoms with Gasteiger partial charge in [-0.3, -0.25) is 9.59 Å². The van der Waals surface area contributed by atoms with E-state index in [-0.39, 0.29) is 23.3 Å². The Hall–Kier alpha value is -0.360. The van der Waals surface area contributed by atoms with Crippen LogP contribution >= 0.6 is 21.6 Å². The van der Waals surface area contributed by atoms with E-state index in [2.05, 4.69) is 0 Å². The molecule has 0 saturated heterocycles. The van der Waals surface area contributed by atoms with E-state index in [0.717, 1.165) is 0 Å². The minimum Gasteiger partial charge on any atom is -0.481 e. The third-order valence-electron chi connectivity index (χ3n) is 1.31. The highest BCUT2D eigenvalue weighted by Gasteiger charge is 2.13. The van der Waals surface area contributed by atoms with E-state index in [4.69, 9.17) is 10.2 Å². The molecule has 82 valence electrons. The third kappa shape index (κ3) is 8.25. The van der Waals surface area contributed by atoms with Gasteiger partial charge in [-0.25, -0.2) is 0 Å². The summed E-state index contributed by atoms with van der Waals surface area (Å²) in [6.07, 6.45) is 0.217. The molecule has 0 aromatic rings. The molecular weight excluding hydrogens is 224 g/mol. The predicted octanol–water partition coefficient (Wildman–Crippen LogP) is 2.09. The summed E-state index contributed by atoms with van der Waals surface area (Å²) < 4.78 is 0. The van der Waals surface area contributed by atoms with Gasteiger partial charge in [0.05, 0.1) is 12.8 Å². The Morgan fingerprint density at radius 2 is 1.29 bits per heavy atom. The van der Waals surface area contributed by atoms with E-state index in [1.807, 2.05) is 13.8 Å². The van der Waals surface area contributed by atoms with Gasteiger partial charge < -0.3 is 10.2 Å². The molecule has 0 bridgehead atoms. The summed E-state index contributed by atoms with van der Waals surface area (Å²) in [6, 6.07) is 0. The van der Waals surface area contributed by atoms with Gasteiger partial charge in [-0.1, -0.05) is 35.4 Å². The average Bonchev–Trinajstić information content (AvgIpc) is 1.98. The topological polar surface area (TPSA) is 74.6 Å². The first kappa shape index (κ1) is 13.6. The van der Waals surface area contributed by atoms with E-state index in [1.54, 1.807) is 0 Å². The van der Waals surface area contributed by atoms with E-state index in [0.29, 0.717) is 0 Å². The molecule has 0 amide bonds. The molecule has 0 rings (SSSR count). The first-order valence-electron chi connectivity index (χ1n) is 4.17. The van der Waals surface area contributed by atoms with Crippen LogP contribution in [0.25, 0.3) is 0 Å². The minimum atomic E-state index is -0.823. The third-order valence-corrected chi connectivity index (χ3v) is 4.71. The fourth-order valence-electron chi connectivity index (χ4n) is 0.750. The van der Waals surface area contributed by atoms with Crippen LogP contribution in [-0.4, -0.2) is 32.7 Å². The summed E-state index contributed by atoms with van der Waals surface area (Å²) >= 11 is 0. The Labute approximate surface area is 90.9 Å². The Balaban J connectivity index is 3.60. The van der Waals surface area contributed by atoms with Crippen LogP contribution in [-0.2, 0) is 9.59 Å². The molecule has 0 saturated carbocycles. The summed E-state index contributed by atoms with van der Waals surface area (Å²) in [5, 5.41) is 17.0. The smallest absolute Gasteiger partial charge is 0.304 e. The van der Waals surface area contributed by atoms with Gasteiger partial charge in [0, 0.05) is 10.5 Å².